The molecular formula is C16H23N5. The summed E-state index contributed by atoms with van der Waals surface area (Å²) in [7, 11) is 2.05. The number of aryl methyl sites for hydroxylation is 1. The fraction of sp³-hybridized carbons (Fsp3) is 0.500. The van der Waals surface area contributed by atoms with E-state index in [1.165, 1.54) is 12.8 Å². The van der Waals surface area contributed by atoms with Gasteiger partial charge >= 0.3 is 0 Å². The van der Waals surface area contributed by atoms with Gasteiger partial charge in [-0.05, 0) is 37.8 Å². The second kappa shape index (κ2) is 6.16. The van der Waals surface area contributed by atoms with Gasteiger partial charge in [0.05, 0.1) is 11.0 Å². The van der Waals surface area contributed by atoms with Crippen molar-refractivity contribution in [2.24, 2.45) is 18.0 Å². The summed E-state index contributed by atoms with van der Waals surface area (Å²) in [6.45, 7) is 4.57. The number of hydrogen-bond acceptors (Lipinski definition) is 2. The quantitative estimate of drug-likeness (QED) is 0.653. The van der Waals surface area contributed by atoms with Crippen LogP contribution in [0.4, 0.5) is 0 Å². The molecule has 5 nitrogen and oxygen atoms in total. The SMILES string of the molecule is CCNC(=NCc1nc2ccccc2n1C)NCC1CC1. The van der Waals surface area contributed by atoms with Crippen LogP contribution < -0.4 is 10.6 Å². The van der Waals surface area contributed by atoms with Crippen molar-refractivity contribution in [1.29, 1.82) is 0 Å². The number of hydrogen-bond donors (Lipinski definition) is 2. The second-order valence-corrected chi connectivity index (χ2v) is 5.60. The highest BCUT2D eigenvalue weighted by Gasteiger charge is 2.21. The zero-order valence-corrected chi connectivity index (χ0v) is 12.8. The van der Waals surface area contributed by atoms with Gasteiger partial charge in [0.15, 0.2) is 5.96 Å². The van der Waals surface area contributed by atoms with Crippen LogP contribution in [-0.2, 0) is 13.6 Å². The van der Waals surface area contributed by atoms with Crippen molar-refractivity contribution in [3.8, 4) is 0 Å². The number of nitrogens with zero attached hydrogens (tertiary/aromatic N) is 3. The van der Waals surface area contributed by atoms with Gasteiger partial charge in [-0.15, -0.1) is 0 Å². The number of guanidine groups is 1. The average molecular weight is 285 g/mol. The van der Waals surface area contributed by atoms with E-state index < -0.39 is 0 Å². The van der Waals surface area contributed by atoms with Crippen molar-refractivity contribution >= 4 is 17.0 Å². The van der Waals surface area contributed by atoms with E-state index in [9.17, 15) is 0 Å². The molecule has 0 unspecified atom stereocenters. The lowest BCUT2D eigenvalue weighted by atomic mass is 10.3. The minimum absolute atomic E-state index is 0.588. The Balaban J connectivity index is 1.72. The van der Waals surface area contributed by atoms with Crippen molar-refractivity contribution in [2.45, 2.75) is 26.3 Å². The number of para-hydroxylation sites is 2. The van der Waals surface area contributed by atoms with E-state index in [-0.39, 0.29) is 0 Å². The van der Waals surface area contributed by atoms with Gasteiger partial charge in [0.1, 0.15) is 12.4 Å². The van der Waals surface area contributed by atoms with Crippen LogP contribution in [0.25, 0.3) is 11.0 Å². The molecule has 1 aromatic heterocycles. The molecule has 2 N–H and O–H groups in total. The molecule has 1 heterocycles. The van der Waals surface area contributed by atoms with E-state index in [2.05, 4.69) is 38.2 Å². The Morgan fingerprint density at radius 1 is 1.33 bits per heavy atom. The number of nitrogens with one attached hydrogen (secondary N) is 2. The number of aliphatic imine (C=N–C) groups is 1. The summed E-state index contributed by atoms with van der Waals surface area (Å²) < 4.78 is 2.11. The molecular weight excluding hydrogens is 262 g/mol. The van der Waals surface area contributed by atoms with Crippen LogP contribution in [0.1, 0.15) is 25.6 Å². The number of rotatable bonds is 5. The highest BCUT2D eigenvalue weighted by Crippen LogP contribution is 2.27. The molecule has 0 amide bonds. The van der Waals surface area contributed by atoms with Crippen molar-refractivity contribution in [2.75, 3.05) is 13.1 Å². The molecule has 0 saturated heterocycles. The van der Waals surface area contributed by atoms with E-state index in [1.54, 1.807) is 0 Å². The van der Waals surface area contributed by atoms with Gasteiger partial charge in [0, 0.05) is 20.1 Å². The van der Waals surface area contributed by atoms with Crippen LogP contribution in [0.5, 0.6) is 0 Å². The fourth-order valence-electron chi connectivity index (χ4n) is 2.39. The predicted molar refractivity (Wildman–Crippen MR) is 86.3 cm³/mol. The maximum atomic E-state index is 4.65. The van der Waals surface area contributed by atoms with Crippen molar-refractivity contribution in [3.05, 3.63) is 30.1 Å². The molecule has 0 spiro atoms. The van der Waals surface area contributed by atoms with Gasteiger partial charge in [-0.2, -0.15) is 0 Å². The lowest BCUT2D eigenvalue weighted by Crippen LogP contribution is -2.38. The standard InChI is InChI=1S/C16H23N5/c1-3-17-16(18-10-12-8-9-12)19-11-15-20-13-6-4-5-7-14(13)21(15)2/h4-7,12H,3,8-11H2,1-2H3,(H2,17,18,19). The summed E-state index contributed by atoms with van der Waals surface area (Å²) >= 11 is 0. The molecule has 1 aliphatic rings. The van der Waals surface area contributed by atoms with Gasteiger partial charge in [-0.1, -0.05) is 12.1 Å². The smallest absolute Gasteiger partial charge is 0.191 e. The molecule has 5 heteroatoms. The Morgan fingerprint density at radius 2 is 2.14 bits per heavy atom. The van der Waals surface area contributed by atoms with Crippen LogP contribution in [0.3, 0.4) is 0 Å². The summed E-state index contributed by atoms with van der Waals surface area (Å²) in [5, 5.41) is 6.70. The number of benzene rings is 1. The highest BCUT2D eigenvalue weighted by atomic mass is 15.2. The molecule has 1 saturated carbocycles. The van der Waals surface area contributed by atoms with Gasteiger partial charge in [-0.3, -0.25) is 0 Å². The van der Waals surface area contributed by atoms with Crippen LogP contribution in [-0.4, -0.2) is 28.6 Å². The number of aromatic nitrogens is 2. The largest absolute Gasteiger partial charge is 0.357 e. The first-order valence-electron chi connectivity index (χ1n) is 7.70. The van der Waals surface area contributed by atoms with Gasteiger partial charge in [-0.25, -0.2) is 9.98 Å². The summed E-state index contributed by atoms with van der Waals surface area (Å²) in [6, 6.07) is 8.19. The predicted octanol–water partition coefficient (Wildman–Crippen LogP) is 2.04. The highest BCUT2D eigenvalue weighted by molar-refractivity contribution is 5.80. The second-order valence-electron chi connectivity index (χ2n) is 5.60. The normalized spacial score (nSPS) is 15.4. The first kappa shape index (κ1) is 13.9. The van der Waals surface area contributed by atoms with Crippen molar-refractivity contribution in [1.82, 2.24) is 20.2 Å². The maximum absolute atomic E-state index is 4.65. The third-order valence-corrected chi connectivity index (χ3v) is 3.86. The summed E-state index contributed by atoms with van der Waals surface area (Å²) in [4.78, 5) is 9.30. The van der Waals surface area contributed by atoms with Crippen LogP contribution in [0, 0.1) is 5.92 Å². The topological polar surface area (TPSA) is 54.2 Å². The maximum Gasteiger partial charge on any atom is 0.191 e. The van der Waals surface area contributed by atoms with Crippen LogP contribution in [0.2, 0.25) is 0 Å². The number of imidazole rings is 1. The molecule has 0 radical (unpaired) electrons. The number of fused-ring (bicyclic) bond motifs is 1. The summed E-state index contributed by atoms with van der Waals surface area (Å²) in [5.41, 5.74) is 2.18. The minimum Gasteiger partial charge on any atom is -0.357 e. The molecule has 112 valence electrons. The zero-order chi connectivity index (χ0) is 14.7. The van der Waals surface area contributed by atoms with Crippen molar-refractivity contribution in [3.63, 3.8) is 0 Å². The first-order chi connectivity index (χ1) is 10.3. The molecule has 0 atom stereocenters. The molecule has 1 aromatic carbocycles. The van der Waals surface area contributed by atoms with E-state index in [0.717, 1.165) is 41.8 Å². The van der Waals surface area contributed by atoms with Gasteiger partial charge in [0.25, 0.3) is 0 Å². The lowest BCUT2D eigenvalue weighted by molar-refractivity contribution is 0.731. The van der Waals surface area contributed by atoms with Crippen LogP contribution >= 0.6 is 0 Å². The van der Waals surface area contributed by atoms with Crippen LogP contribution in [0.15, 0.2) is 29.3 Å². The Morgan fingerprint density at radius 3 is 2.86 bits per heavy atom. The third kappa shape index (κ3) is 3.35. The Labute approximate surface area is 125 Å². The zero-order valence-electron chi connectivity index (χ0n) is 12.8. The molecule has 1 fully saturated rings. The van der Waals surface area contributed by atoms with E-state index in [0.29, 0.717) is 6.54 Å². The van der Waals surface area contributed by atoms with Gasteiger partial charge in [0.2, 0.25) is 0 Å². The molecule has 0 bridgehead atoms. The summed E-state index contributed by atoms with van der Waals surface area (Å²) in [6.07, 6.45) is 2.69. The molecule has 0 aliphatic heterocycles. The Hall–Kier alpha value is -2.04. The summed E-state index contributed by atoms with van der Waals surface area (Å²) in [5.74, 6) is 2.71. The van der Waals surface area contributed by atoms with E-state index in [1.807, 2.05) is 25.2 Å². The molecule has 2 aromatic rings. The lowest BCUT2D eigenvalue weighted by Gasteiger charge is -2.10. The average Bonchev–Trinajstić information content (AvgIpc) is 3.27. The van der Waals surface area contributed by atoms with Gasteiger partial charge < -0.3 is 15.2 Å². The molecule has 1 aliphatic carbocycles. The first-order valence-corrected chi connectivity index (χ1v) is 7.70. The van der Waals surface area contributed by atoms with E-state index in [4.69, 9.17) is 0 Å². The Kier molecular flexibility index (Phi) is 4.08. The molecule has 3 rings (SSSR count). The monoisotopic (exact) mass is 285 g/mol. The third-order valence-electron chi connectivity index (χ3n) is 3.86. The van der Waals surface area contributed by atoms with E-state index >= 15 is 0 Å². The Bertz CT molecular complexity index is 639. The minimum atomic E-state index is 0.588. The molecule has 21 heavy (non-hydrogen) atoms. The fourth-order valence-corrected chi connectivity index (χ4v) is 2.39. The van der Waals surface area contributed by atoms with Crippen molar-refractivity contribution < 1.29 is 0 Å².